The van der Waals surface area contributed by atoms with Crippen LogP contribution in [0.2, 0.25) is 0 Å². The fraction of sp³-hybridized carbons (Fsp3) is 0.654. The van der Waals surface area contributed by atoms with Gasteiger partial charge in [-0.2, -0.15) is 0 Å². The minimum Gasteiger partial charge on any atom is -0.305 e. The molecule has 6 unspecified atom stereocenters. The molecule has 53 heavy (non-hydrogen) atoms. The Morgan fingerprint density at radius 3 is 1.83 bits per heavy atom. The molecule has 2 aliphatic carbocycles. The van der Waals surface area contributed by atoms with Crippen molar-refractivity contribution in [3.63, 3.8) is 0 Å². The molecule has 0 bridgehead atoms. The molecule has 0 aromatic heterocycles. The molecule has 0 radical (unpaired) electrons. The average molecular weight is 728 g/mol. The smallest absolute Gasteiger partial charge is 0.0330 e. The first-order chi connectivity index (χ1) is 24.5. The third kappa shape index (κ3) is 18.2. The van der Waals surface area contributed by atoms with Crippen molar-refractivity contribution < 1.29 is 0 Å². The first kappa shape index (κ1) is 50.6. The molecule has 2 aliphatic rings. The summed E-state index contributed by atoms with van der Waals surface area (Å²) in [5, 5.41) is 3.82. The van der Waals surface area contributed by atoms with Gasteiger partial charge in [0.1, 0.15) is 0 Å². The highest BCUT2D eigenvalue weighted by atomic mass is 15.0. The molecule has 1 saturated carbocycles. The lowest BCUT2D eigenvalue weighted by Gasteiger charge is -2.39. The van der Waals surface area contributed by atoms with Gasteiger partial charge in [0.2, 0.25) is 0 Å². The lowest BCUT2D eigenvalue weighted by atomic mass is 9.76. The quantitative estimate of drug-likeness (QED) is 0.177. The monoisotopic (exact) mass is 728 g/mol. The Hall–Kier alpha value is -2.38. The zero-order valence-corrected chi connectivity index (χ0v) is 38.2. The van der Waals surface area contributed by atoms with Gasteiger partial charge in [0.15, 0.2) is 0 Å². The van der Waals surface area contributed by atoms with Crippen molar-refractivity contribution in [3.8, 4) is 0 Å². The highest BCUT2D eigenvalue weighted by Crippen LogP contribution is 2.65. The molecule has 3 rings (SSSR count). The van der Waals surface area contributed by atoms with Crippen molar-refractivity contribution in [3.05, 3.63) is 109 Å². The molecular formula is C52H89N. The third-order valence-corrected chi connectivity index (χ3v) is 11.3. The van der Waals surface area contributed by atoms with Crippen molar-refractivity contribution in [2.45, 2.75) is 180 Å². The minimum atomic E-state index is 0.0877. The molecule has 0 heterocycles. The van der Waals surface area contributed by atoms with Crippen LogP contribution in [0.3, 0.4) is 0 Å². The molecule has 1 heteroatoms. The fourth-order valence-electron chi connectivity index (χ4n) is 8.32. The number of hydrogen-bond acceptors (Lipinski definition) is 1. The van der Waals surface area contributed by atoms with E-state index in [1.807, 2.05) is 6.92 Å². The first-order valence-electron chi connectivity index (χ1n) is 21.3. The summed E-state index contributed by atoms with van der Waals surface area (Å²) in [4.78, 5) is 0. The van der Waals surface area contributed by atoms with E-state index in [1.54, 1.807) is 6.08 Å². The van der Waals surface area contributed by atoms with E-state index in [4.69, 9.17) is 0 Å². The van der Waals surface area contributed by atoms with Crippen molar-refractivity contribution >= 4 is 0 Å². The van der Waals surface area contributed by atoms with E-state index >= 15 is 0 Å². The maximum Gasteiger partial charge on any atom is 0.0330 e. The summed E-state index contributed by atoms with van der Waals surface area (Å²) in [6, 6.07) is 11.2. The lowest BCUT2D eigenvalue weighted by Crippen LogP contribution is -2.50. The number of allylic oxidation sites excluding steroid dienone is 7. The Bertz CT molecular complexity index is 1270. The van der Waals surface area contributed by atoms with E-state index in [1.165, 1.54) is 72.8 Å². The summed E-state index contributed by atoms with van der Waals surface area (Å²) in [6.07, 6.45) is 18.6. The Kier molecular flexibility index (Phi) is 23.1. The van der Waals surface area contributed by atoms with E-state index in [0.29, 0.717) is 35.1 Å². The summed E-state index contributed by atoms with van der Waals surface area (Å²) in [6.45, 7) is 52.5. The molecule has 1 fully saturated rings. The SMILES string of the molecule is C=C(C(C)C)C(C)CCC.C=C(C)C(CC(=C)C(NC(C)(C)C)C(C)(C)C)C1C(CC)C1(C)C.C=CC.CCCC(C1=CCCC=C1)c1ccccc1. The van der Waals surface area contributed by atoms with Gasteiger partial charge in [-0.1, -0.05) is 187 Å². The molecule has 0 aliphatic heterocycles. The molecule has 1 aromatic carbocycles. The number of hydrogen-bond donors (Lipinski definition) is 1. The van der Waals surface area contributed by atoms with Crippen LogP contribution in [0.15, 0.2) is 103 Å². The Labute approximate surface area is 333 Å². The van der Waals surface area contributed by atoms with Crippen LogP contribution < -0.4 is 5.32 Å². The zero-order valence-electron chi connectivity index (χ0n) is 38.2. The van der Waals surface area contributed by atoms with Crippen molar-refractivity contribution in [2.75, 3.05) is 0 Å². The minimum absolute atomic E-state index is 0.0877. The van der Waals surface area contributed by atoms with Gasteiger partial charge in [0, 0.05) is 17.5 Å². The van der Waals surface area contributed by atoms with E-state index in [2.05, 4.69) is 184 Å². The fourth-order valence-corrected chi connectivity index (χ4v) is 8.32. The van der Waals surface area contributed by atoms with Crippen LogP contribution in [-0.4, -0.2) is 11.6 Å². The summed E-state index contributed by atoms with van der Waals surface area (Å²) >= 11 is 0. The van der Waals surface area contributed by atoms with Gasteiger partial charge in [-0.15, -0.1) is 6.58 Å². The summed E-state index contributed by atoms with van der Waals surface area (Å²) in [7, 11) is 0. The zero-order chi connectivity index (χ0) is 41.2. The molecule has 1 aromatic rings. The second kappa shape index (κ2) is 24.2. The van der Waals surface area contributed by atoms with E-state index in [0.717, 1.165) is 18.3 Å². The van der Waals surface area contributed by atoms with Crippen molar-refractivity contribution in [1.82, 2.24) is 5.32 Å². The Morgan fingerprint density at radius 2 is 1.45 bits per heavy atom. The highest BCUT2D eigenvalue weighted by Gasteiger charge is 2.59. The van der Waals surface area contributed by atoms with Crippen LogP contribution in [0.1, 0.15) is 174 Å². The van der Waals surface area contributed by atoms with Crippen molar-refractivity contribution in [1.29, 1.82) is 0 Å². The molecule has 0 saturated heterocycles. The summed E-state index contributed by atoms with van der Waals surface area (Å²) in [5.74, 6) is 4.11. The maximum absolute atomic E-state index is 4.53. The molecule has 6 atom stereocenters. The van der Waals surface area contributed by atoms with Crippen LogP contribution in [0.5, 0.6) is 0 Å². The van der Waals surface area contributed by atoms with Gasteiger partial charge >= 0.3 is 0 Å². The standard InChI is InChI=1S/C23H43N.C16H20.C10H20.C3H6/c1-13-18-19(23(18,11)12)17(15(2)3)14-16(4)20(21(5,6)7)24-22(8,9)10;1-2-9-16(14-10-5-3-6-11-14)15-12-7-4-8-13-15;1-6-7-9(4)10(5)8(2)3;1-3-2/h17-20,24H,2,4,13-14H2,1,3,5-12H3;3,5-7,10-13,16H,2,4,8-9H2,1H3;8-9H,5-7H2,1-4H3;3H,1H2,2H3. The Morgan fingerprint density at radius 1 is 0.906 bits per heavy atom. The molecule has 0 spiro atoms. The molecular weight excluding hydrogens is 639 g/mol. The van der Waals surface area contributed by atoms with Crippen LogP contribution in [0.25, 0.3) is 0 Å². The van der Waals surface area contributed by atoms with Crippen molar-refractivity contribution in [2.24, 2.45) is 40.4 Å². The lowest BCUT2D eigenvalue weighted by molar-refractivity contribution is 0.239. The maximum atomic E-state index is 4.53. The van der Waals surface area contributed by atoms with Gasteiger partial charge in [0.05, 0.1) is 0 Å². The second-order valence-electron chi connectivity index (χ2n) is 19.1. The highest BCUT2D eigenvalue weighted by molar-refractivity contribution is 5.36. The Balaban J connectivity index is 0.000000799. The molecule has 302 valence electrons. The normalized spacial score (nSPS) is 19.7. The van der Waals surface area contributed by atoms with Crippen LogP contribution in [0, 0.1) is 40.4 Å². The van der Waals surface area contributed by atoms with Crippen LogP contribution in [-0.2, 0) is 0 Å². The summed E-state index contributed by atoms with van der Waals surface area (Å²) < 4.78 is 0. The third-order valence-electron chi connectivity index (χ3n) is 11.3. The van der Waals surface area contributed by atoms with Gasteiger partial charge in [-0.05, 0) is 118 Å². The van der Waals surface area contributed by atoms with E-state index in [9.17, 15) is 0 Å². The van der Waals surface area contributed by atoms with Gasteiger partial charge < -0.3 is 5.32 Å². The van der Waals surface area contributed by atoms with Gasteiger partial charge in [0.25, 0.3) is 0 Å². The average Bonchev–Trinajstić information content (AvgIpc) is 3.64. The van der Waals surface area contributed by atoms with Gasteiger partial charge in [-0.25, -0.2) is 0 Å². The number of nitrogens with one attached hydrogen (secondary N) is 1. The molecule has 0 amide bonds. The van der Waals surface area contributed by atoms with Crippen LogP contribution >= 0.6 is 0 Å². The second-order valence-corrected chi connectivity index (χ2v) is 19.1. The molecule has 1 nitrogen and oxygen atoms in total. The summed E-state index contributed by atoms with van der Waals surface area (Å²) in [5.41, 5.74) is 7.74. The van der Waals surface area contributed by atoms with Crippen LogP contribution in [0.4, 0.5) is 0 Å². The van der Waals surface area contributed by atoms with Gasteiger partial charge in [-0.3, -0.25) is 0 Å². The van der Waals surface area contributed by atoms with E-state index in [-0.39, 0.29) is 11.0 Å². The molecule has 1 N–H and O–H groups in total. The number of rotatable bonds is 15. The predicted molar refractivity (Wildman–Crippen MR) is 244 cm³/mol. The first-order valence-corrected chi connectivity index (χ1v) is 21.3. The number of benzene rings is 1. The van der Waals surface area contributed by atoms with E-state index < -0.39 is 0 Å². The predicted octanol–water partition coefficient (Wildman–Crippen LogP) is 16.3. The largest absolute Gasteiger partial charge is 0.305 e. The topological polar surface area (TPSA) is 12.0 Å².